The molecule has 0 saturated carbocycles. The Hall–Kier alpha value is -1.74. The highest BCUT2D eigenvalue weighted by molar-refractivity contribution is 8.00. The van der Waals surface area contributed by atoms with E-state index >= 15 is 0 Å². The van der Waals surface area contributed by atoms with Crippen LogP contribution in [0.2, 0.25) is 0 Å². The minimum Gasteiger partial charge on any atom is -0.325 e. The van der Waals surface area contributed by atoms with E-state index in [0.717, 1.165) is 11.3 Å². The Labute approximate surface area is 150 Å². The number of nitrogens with one attached hydrogen (secondary N) is 1. The zero-order valence-electron chi connectivity index (χ0n) is 15.5. The fraction of sp³-hybridized carbons (Fsp3) is 0.381. The minimum absolute atomic E-state index is 0.0364. The Morgan fingerprint density at radius 2 is 1.75 bits per heavy atom. The summed E-state index contributed by atoms with van der Waals surface area (Å²) in [4.78, 5) is 13.5. The van der Waals surface area contributed by atoms with Crippen LogP contribution in [-0.2, 0) is 10.2 Å². The number of carbonyl (C=O) groups excluding carboxylic acids is 1. The Bertz CT molecular complexity index is 744. The number of thioether (sulfide) groups is 1. The maximum atomic E-state index is 12.3. The summed E-state index contributed by atoms with van der Waals surface area (Å²) in [5.41, 5.74) is 5.85. The lowest BCUT2D eigenvalue weighted by molar-refractivity contribution is -0.113. The van der Waals surface area contributed by atoms with Gasteiger partial charge in [0.2, 0.25) is 5.91 Å². The van der Waals surface area contributed by atoms with E-state index in [2.05, 4.69) is 64.2 Å². The third kappa shape index (κ3) is 4.64. The summed E-state index contributed by atoms with van der Waals surface area (Å²) < 4.78 is 0. The first-order chi connectivity index (χ1) is 11.2. The molecule has 0 aliphatic carbocycles. The normalized spacial score (nSPS) is 11.4. The second-order valence-electron chi connectivity index (χ2n) is 7.31. The van der Waals surface area contributed by atoms with E-state index in [-0.39, 0.29) is 11.3 Å². The van der Waals surface area contributed by atoms with Gasteiger partial charge in [0.25, 0.3) is 0 Å². The maximum absolute atomic E-state index is 12.3. The molecule has 0 unspecified atom stereocenters. The molecule has 0 atom stereocenters. The largest absolute Gasteiger partial charge is 0.325 e. The molecule has 0 saturated heterocycles. The van der Waals surface area contributed by atoms with Gasteiger partial charge in [-0.25, -0.2) is 0 Å². The number of hydrogen-bond acceptors (Lipinski definition) is 2. The fourth-order valence-electron chi connectivity index (χ4n) is 2.44. The topological polar surface area (TPSA) is 29.1 Å². The van der Waals surface area contributed by atoms with Crippen molar-refractivity contribution in [3.05, 3.63) is 58.7 Å². The average molecular weight is 342 g/mol. The van der Waals surface area contributed by atoms with Gasteiger partial charge in [-0.3, -0.25) is 4.79 Å². The molecule has 0 spiro atoms. The van der Waals surface area contributed by atoms with Crippen LogP contribution in [0.3, 0.4) is 0 Å². The molecule has 2 aromatic carbocycles. The van der Waals surface area contributed by atoms with Crippen LogP contribution < -0.4 is 5.32 Å². The average Bonchev–Trinajstić information content (AvgIpc) is 2.50. The summed E-state index contributed by atoms with van der Waals surface area (Å²) in [5, 5.41) is 3.03. The second-order valence-corrected chi connectivity index (χ2v) is 8.33. The number of amides is 1. The molecule has 2 aromatic rings. The third-order valence-electron chi connectivity index (χ3n) is 4.29. The van der Waals surface area contributed by atoms with E-state index in [0.29, 0.717) is 5.75 Å². The summed E-state index contributed by atoms with van der Waals surface area (Å²) in [6.45, 7) is 12.8. The molecular weight excluding hydrogens is 314 g/mol. The van der Waals surface area contributed by atoms with Gasteiger partial charge in [0.05, 0.1) is 5.75 Å². The zero-order valence-corrected chi connectivity index (χ0v) is 16.3. The van der Waals surface area contributed by atoms with Crippen molar-refractivity contribution in [2.24, 2.45) is 0 Å². The van der Waals surface area contributed by atoms with Gasteiger partial charge < -0.3 is 5.32 Å². The lowest BCUT2D eigenvalue weighted by Gasteiger charge is -2.20. The van der Waals surface area contributed by atoms with Gasteiger partial charge in [-0.15, -0.1) is 11.8 Å². The summed E-state index contributed by atoms with van der Waals surface area (Å²) in [6, 6.07) is 12.5. The number of rotatable bonds is 4. The summed E-state index contributed by atoms with van der Waals surface area (Å²) in [6.07, 6.45) is 0. The van der Waals surface area contributed by atoms with Gasteiger partial charge in [-0.05, 0) is 60.6 Å². The van der Waals surface area contributed by atoms with Gasteiger partial charge in [0.1, 0.15) is 0 Å². The van der Waals surface area contributed by atoms with Crippen LogP contribution in [0.1, 0.15) is 43.0 Å². The van der Waals surface area contributed by atoms with E-state index in [1.165, 1.54) is 21.6 Å². The molecule has 2 rings (SSSR count). The summed E-state index contributed by atoms with van der Waals surface area (Å²) in [7, 11) is 0. The predicted molar refractivity (Wildman–Crippen MR) is 105 cm³/mol. The van der Waals surface area contributed by atoms with Crippen molar-refractivity contribution in [3.8, 4) is 0 Å². The quantitative estimate of drug-likeness (QED) is 0.729. The molecule has 0 radical (unpaired) electrons. The van der Waals surface area contributed by atoms with Crippen molar-refractivity contribution < 1.29 is 4.79 Å². The van der Waals surface area contributed by atoms with E-state index < -0.39 is 0 Å². The van der Waals surface area contributed by atoms with E-state index in [9.17, 15) is 4.79 Å². The molecule has 24 heavy (non-hydrogen) atoms. The van der Waals surface area contributed by atoms with Gasteiger partial charge in [0.15, 0.2) is 0 Å². The standard InChI is InChI=1S/C21H27NOS/c1-14-8-7-9-18(16(14)3)22-20(23)13-24-19-12-17(21(4,5)6)11-10-15(19)2/h7-12H,13H2,1-6H3,(H,22,23). The van der Waals surface area contributed by atoms with Gasteiger partial charge >= 0.3 is 0 Å². The molecule has 1 amide bonds. The summed E-state index contributed by atoms with van der Waals surface area (Å²) in [5.74, 6) is 0.455. The molecule has 0 aliphatic heterocycles. The first-order valence-corrected chi connectivity index (χ1v) is 9.27. The van der Waals surface area contributed by atoms with Crippen LogP contribution in [0, 0.1) is 20.8 Å². The van der Waals surface area contributed by atoms with Crippen molar-refractivity contribution in [1.82, 2.24) is 0 Å². The number of carbonyl (C=O) groups is 1. The van der Waals surface area contributed by atoms with Crippen molar-refractivity contribution in [1.29, 1.82) is 0 Å². The number of hydrogen-bond donors (Lipinski definition) is 1. The highest BCUT2D eigenvalue weighted by Crippen LogP contribution is 2.30. The Balaban J connectivity index is 2.05. The SMILES string of the molecule is Cc1ccc(C(C)(C)C)cc1SCC(=O)Nc1cccc(C)c1C. The number of aryl methyl sites for hydroxylation is 2. The number of benzene rings is 2. The fourth-order valence-corrected chi connectivity index (χ4v) is 3.30. The maximum Gasteiger partial charge on any atom is 0.234 e. The third-order valence-corrected chi connectivity index (χ3v) is 5.45. The monoisotopic (exact) mass is 341 g/mol. The first-order valence-electron chi connectivity index (χ1n) is 8.28. The highest BCUT2D eigenvalue weighted by Gasteiger charge is 2.15. The Kier molecular flexibility index (Phi) is 5.76. The zero-order chi connectivity index (χ0) is 17.9. The predicted octanol–water partition coefficient (Wildman–Crippen LogP) is 5.64. The van der Waals surface area contributed by atoms with Gasteiger partial charge in [0, 0.05) is 10.6 Å². The van der Waals surface area contributed by atoms with Gasteiger partial charge in [-0.2, -0.15) is 0 Å². The van der Waals surface area contributed by atoms with Gasteiger partial charge in [-0.1, -0.05) is 45.0 Å². The number of anilines is 1. The molecule has 0 aliphatic rings. The van der Waals surface area contributed by atoms with Crippen molar-refractivity contribution in [3.63, 3.8) is 0 Å². The second kappa shape index (κ2) is 7.43. The Morgan fingerprint density at radius 1 is 1.04 bits per heavy atom. The van der Waals surface area contributed by atoms with Crippen molar-refractivity contribution in [2.75, 3.05) is 11.1 Å². The molecule has 0 heterocycles. The molecule has 2 nitrogen and oxygen atoms in total. The lowest BCUT2D eigenvalue weighted by atomic mass is 9.87. The highest BCUT2D eigenvalue weighted by atomic mass is 32.2. The first kappa shape index (κ1) is 18.6. The molecule has 0 fully saturated rings. The lowest BCUT2D eigenvalue weighted by Crippen LogP contribution is -2.15. The van der Waals surface area contributed by atoms with E-state index in [1.54, 1.807) is 11.8 Å². The smallest absolute Gasteiger partial charge is 0.234 e. The van der Waals surface area contributed by atoms with Crippen LogP contribution in [0.4, 0.5) is 5.69 Å². The molecule has 3 heteroatoms. The van der Waals surface area contributed by atoms with Crippen molar-refractivity contribution in [2.45, 2.75) is 51.9 Å². The summed E-state index contributed by atoms with van der Waals surface area (Å²) >= 11 is 1.60. The van der Waals surface area contributed by atoms with Crippen LogP contribution in [0.15, 0.2) is 41.3 Å². The van der Waals surface area contributed by atoms with Crippen LogP contribution >= 0.6 is 11.8 Å². The van der Waals surface area contributed by atoms with Crippen LogP contribution in [-0.4, -0.2) is 11.7 Å². The molecular formula is C21H27NOS. The molecule has 0 bridgehead atoms. The molecule has 1 N–H and O–H groups in total. The van der Waals surface area contributed by atoms with Crippen LogP contribution in [0.25, 0.3) is 0 Å². The van der Waals surface area contributed by atoms with Crippen LogP contribution in [0.5, 0.6) is 0 Å². The Morgan fingerprint density at radius 3 is 2.42 bits per heavy atom. The van der Waals surface area contributed by atoms with E-state index in [4.69, 9.17) is 0 Å². The minimum atomic E-state index is 0.0364. The molecule has 0 aromatic heterocycles. The van der Waals surface area contributed by atoms with Crippen molar-refractivity contribution >= 4 is 23.4 Å². The molecule has 128 valence electrons. The van der Waals surface area contributed by atoms with E-state index in [1.807, 2.05) is 19.1 Å².